The summed E-state index contributed by atoms with van der Waals surface area (Å²) in [5.74, 6) is -0.541. The smallest absolute Gasteiger partial charge is 0.338 e. The number of hydrogen-bond acceptors (Lipinski definition) is 5. The molecule has 1 rings (SSSR count). The first-order chi connectivity index (χ1) is 9.73. The average Bonchev–Trinajstić information content (AvgIpc) is 2.35. The monoisotopic (exact) mass is 330 g/mol. The fraction of sp³-hybridized carbons (Fsp3) is 0.467. The Labute approximate surface area is 134 Å². The molecule has 0 saturated carbocycles. The van der Waals surface area contributed by atoms with Crippen LogP contribution < -0.4 is 0 Å². The molecule has 0 saturated heterocycles. The van der Waals surface area contributed by atoms with Crippen molar-refractivity contribution in [2.75, 3.05) is 12.4 Å². The van der Waals surface area contributed by atoms with Crippen molar-refractivity contribution >= 4 is 35.3 Å². The van der Waals surface area contributed by atoms with Crippen molar-refractivity contribution < 1.29 is 19.1 Å². The summed E-state index contributed by atoms with van der Waals surface area (Å²) in [5.41, 5.74) is -0.170. The van der Waals surface area contributed by atoms with E-state index in [1.807, 2.05) is 0 Å². The molecule has 0 heterocycles. The van der Waals surface area contributed by atoms with E-state index in [-0.39, 0.29) is 11.7 Å². The van der Waals surface area contributed by atoms with Crippen LogP contribution in [0.2, 0.25) is 5.02 Å². The van der Waals surface area contributed by atoms with Gasteiger partial charge in [0.15, 0.2) is 0 Å². The maximum absolute atomic E-state index is 11.9. The number of carbonyl (C=O) groups is 2. The second-order valence-corrected chi connectivity index (χ2v) is 6.67. The number of thioether (sulfide) groups is 1. The average molecular weight is 331 g/mol. The van der Waals surface area contributed by atoms with Gasteiger partial charge in [0.2, 0.25) is 0 Å². The van der Waals surface area contributed by atoms with Crippen molar-refractivity contribution in [2.24, 2.45) is 0 Å². The highest BCUT2D eigenvalue weighted by Crippen LogP contribution is 2.28. The lowest BCUT2D eigenvalue weighted by Crippen LogP contribution is -2.23. The third-order valence-corrected chi connectivity index (χ3v) is 3.69. The quantitative estimate of drug-likeness (QED) is 0.604. The number of benzene rings is 1. The molecule has 116 valence electrons. The Hall–Kier alpha value is -1.20. The molecule has 0 aromatic heterocycles. The van der Waals surface area contributed by atoms with Crippen LogP contribution in [0.3, 0.4) is 0 Å². The molecule has 0 aliphatic heterocycles. The van der Waals surface area contributed by atoms with E-state index in [1.54, 1.807) is 45.9 Å². The Morgan fingerprint density at radius 2 is 1.95 bits per heavy atom. The van der Waals surface area contributed by atoms with Gasteiger partial charge in [0, 0.05) is 4.90 Å². The Morgan fingerprint density at radius 1 is 1.29 bits per heavy atom. The molecule has 0 N–H and O–H groups in total. The summed E-state index contributed by atoms with van der Waals surface area (Å²) in [6, 6.07) is 4.88. The zero-order chi connectivity index (χ0) is 16.0. The van der Waals surface area contributed by atoms with Crippen molar-refractivity contribution in [3.8, 4) is 0 Å². The number of rotatable bonds is 5. The van der Waals surface area contributed by atoms with E-state index in [4.69, 9.17) is 21.1 Å². The van der Waals surface area contributed by atoms with Crippen LogP contribution >= 0.6 is 23.4 Å². The maximum atomic E-state index is 11.9. The van der Waals surface area contributed by atoms with E-state index in [2.05, 4.69) is 0 Å². The Kier molecular flexibility index (Phi) is 6.55. The largest absolute Gasteiger partial charge is 0.465 e. The molecular formula is C15H19ClO4S. The molecular weight excluding hydrogens is 312 g/mol. The van der Waals surface area contributed by atoms with E-state index < -0.39 is 11.6 Å². The molecule has 4 nitrogen and oxygen atoms in total. The van der Waals surface area contributed by atoms with Crippen molar-refractivity contribution in [3.63, 3.8) is 0 Å². The first-order valence-electron chi connectivity index (χ1n) is 6.54. The van der Waals surface area contributed by atoms with Gasteiger partial charge in [0.25, 0.3) is 0 Å². The summed E-state index contributed by atoms with van der Waals surface area (Å²) in [7, 11) is 0. The Bertz CT molecular complexity index is 523. The molecule has 0 radical (unpaired) electrons. The highest BCUT2D eigenvalue weighted by atomic mass is 35.5. The minimum Gasteiger partial charge on any atom is -0.465 e. The van der Waals surface area contributed by atoms with Crippen LogP contribution in [0.1, 0.15) is 38.1 Å². The normalized spacial score (nSPS) is 11.1. The SMILES string of the molecule is CCOC(=O)CSc1ccc(C(=O)OC(C)(C)C)cc1Cl. The second kappa shape index (κ2) is 7.71. The summed E-state index contributed by atoms with van der Waals surface area (Å²) in [6.45, 7) is 7.51. The highest BCUT2D eigenvalue weighted by molar-refractivity contribution is 8.00. The zero-order valence-corrected chi connectivity index (χ0v) is 14.1. The van der Waals surface area contributed by atoms with Gasteiger partial charge in [0.05, 0.1) is 22.9 Å². The minimum absolute atomic E-state index is 0.180. The molecule has 0 aliphatic rings. The van der Waals surface area contributed by atoms with E-state index in [1.165, 1.54) is 11.8 Å². The van der Waals surface area contributed by atoms with Crippen LogP contribution in [0.15, 0.2) is 23.1 Å². The topological polar surface area (TPSA) is 52.6 Å². The number of carbonyl (C=O) groups excluding carboxylic acids is 2. The van der Waals surface area contributed by atoms with Crippen LogP contribution in [0.25, 0.3) is 0 Å². The summed E-state index contributed by atoms with van der Waals surface area (Å²) in [4.78, 5) is 23.9. The van der Waals surface area contributed by atoms with Gasteiger partial charge < -0.3 is 9.47 Å². The third kappa shape index (κ3) is 6.40. The lowest BCUT2D eigenvalue weighted by atomic mass is 10.1. The van der Waals surface area contributed by atoms with Crippen molar-refractivity contribution in [3.05, 3.63) is 28.8 Å². The second-order valence-electron chi connectivity index (χ2n) is 5.24. The standard InChI is InChI=1S/C15H19ClO4S/c1-5-19-13(17)9-21-12-7-6-10(8-11(12)16)14(18)20-15(2,3)4/h6-8H,5,9H2,1-4H3. The molecule has 6 heteroatoms. The summed E-state index contributed by atoms with van der Waals surface area (Å²) < 4.78 is 10.1. The molecule has 0 unspecified atom stereocenters. The van der Waals surface area contributed by atoms with E-state index in [0.29, 0.717) is 17.2 Å². The van der Waals surface area contributed by atoms with Gasteiger partial charge in [0.1, 0.15) is 5.60 Å². The maximum Gasteiger partial charge on any atom is 0.338 e. The molecule has 1 aromatic rings. The molecule has 1 aromatic carbocycles. The molecule has 0 aliphatic carbocycles. The van der Waals surface area contributed by atoms with E-state index >= 15 is 0 Å². The fourth-order valence-electron chi connectivity index (χ4n) is 1.42. The molecule has 0 atom stereocenters. The fourth-order valence-corrected chi connectivity index (χ4v) is 2.48. The highest BCUT2D eigenvalue weighted by Gasteiger charge is 2.18. The number of halogens is 1. The van der Waals surface area contributed by atoms with Gasteiger partial charge in [-0.3, -0.25) is 4.79 Å². The zero-order valence-electron chi connectivity index (χ0n) is 12.6. The van der Waals surface area contributed by atoms with Crippen LogP contribution in [0.4, 0.5) is 0 Å². The van der Waals surface area contributed by atoms with E-state index in [9.17, 15) is 9.59 Å². The van der Waals surface area contributed by atoms with E-state index in [0.717, 1.165) is 4.90 Å². The number of esters is 2. The van der Waals surface area contributed by atoms with Crippen molar-refractivity contribution in [1.82, 2.24) is 0 Å². The summed E-state index contributed by atoms with van der Waals surface area (Å²) in [5, 5.41) is 0.410. The van der Waals surface area contributed by atoms with Crippen LogP contribution in [0.5, 0.6) is 0 Å². The van der Waals surface area contributed by atoms with Crippen LogP contribution in [0, 0.1) is 0 Å². The van der Waals surface area contributed by atoms with Gasteiger partial charge >= 0.3 is 11.9 Å². The predicted octanol–water partition coefficient (Wildman–Crippen LogP) is 3.95. The van der Waals surface area contributed by atoms with Gasteiger partial charge in [-0.1, -0.05) is 11.6 Å². The first-order valence-corrected chi connectivity index (χ1v) is 7.90. The van der Waals surface area contributed by atoms with Gasteiger partial charge in [-0.2, -0.15) is 0 Å². The lowest BCUT2D eigenvalue weighted by Gasteiger charge is -2.19. The third-order valence-electron chi connectivity index (χ3n) is 2.22. The Morgan fingerprint density at radius 3 is 2.48 bits per heavy atom. The van der Waals surface area contributed by atoms with Crippen LogP contribution in [-0.2, 0) is 14.3 Å². The Balaban J connectivity index is 2.72. The predicted molar refractivity (Wildman–Crippen MR) is 84.0 cm³/mol. The number of ether oxygens (including phenoxy) is 2. The van der Waals surface area contributed by atoms with Crippen molar-refractivity contribution in [1.29, 1.82) is 0 Å². The van der Waals surface area contributed by atoms with Gasteiger partial charge in [-0.15, -0.1) is 11.8 Å². The molecule has 0 spiro atoms. The number of hydrogen-bond donors (Lipinski definition) is 0. The molecule has 0 bridgehead atoms. The van der Waals surface area contributed by atoms with Crippen LogP contribution in [-0.4, -0.2) is 29.9 Å². The lowest BCUT2D eigenvalue weighted by molar-refractivity contribution is -0.139. The minimum atomic E-state index is -0.555. The van der Waals surface area contributed by atoms with Gasteiger partial charge in [-0.05, 0) is 45.9 Å². The van der Waals surface area contributed by atoms with Gasteiger partial charge in [-0.25, -0.2) is 4.79 Å². The summed E-state index contributed by atoms with van der Waals surface area (Å²) in [6.07, 6.45) is 0. The molecule has 0 fully saturated rings. The molecule has 0 amide bonds. The van der Waals surface area contributed by atoms with Crippen molar-refractivity contribution in [2.45, 2.75) is 38.2 Å². The first kappa shape index (κ1) is 17.9. The molecule has 21 heavy (non-hydrogen) atoms. The summed E-state index contributed by atoms with van der Waals surface area (Å²) >= 11 is 7.39.